The van der Waals surface area contributed by atoms with E-state index < -0.39 is 0 Å². The highest BCUT2D eigenvalue weighted by atomic mass is 15.3. The number of anilines is 1. The molecule has 2 aromatic rings. The van der Waals surface area contributed by atoms with Gasteiger partial charge in [-0.3, -0.25) is 0 Å². The number of nitrogens with zero attached hydrogens (tertiary/aromatic N) is 4. The summed E-state index contributed by atoms with van der Waals surface area (Å²) in [5.41, 5.74) is 1.12. The maximum absolute atomic E-state index is 4.33. The Morgan fingerprint density at radius 1 is 1.29 bits per heavy atom. The molecule has 0 fully saturated rings. The van der Waals surface area contributed by atoms with Crippen LogP contribution in [0.4, 0.5) is 5.82 Å². The molecule has 0 saturated heterocycles. The van der Waals surface area contributed by atoms with Gasteiger partial charge in [-0.2, -0.15) is 5.10 Å². The smallest absolute Gasteiger partial charge is 0.147 e. The molecule has 0 bridgehead atoms. The third-order valence-corrected chi connectivity index (χ3v) is 2.48. The van der Waals surface area contributed by atoms with Gasteiger partial charge in [0.05, 0.1) is 6.54 Å². The average molecular weight is 231 g/mol. The second-order valence-corrected chi connectivity index (χ2v) is 3.95. The van der Waals surface area contributed by atoms with E-state index in [9.17, 15) is 0 Å². The largest absolute Gasteiger partial charge is 0.370 e. The van der Waals surface area contributed by atoms with Gasteiger partial charge in [-0.25, -0.2) is 14.6 Å². The van der Waals surface area contributed by atoms with E-state index in [0.717, 1.165) is 29.6 Å². The standard InChI is InChI=1S/C12H17N5/c1-4-13-12-6-5-11(7-14-12)8-17-10(3)15-9(2)16-17/h5-7H,4,8H2,1-3H3,(H,13,14). The van der Waals surface area contributed by atoms with Gasteiger partial charge in [0.15, 0.2) is 0 Å². The first-order valence-corrected chi connectivity index (χ1v) is 5.76. The molecular formula is C12H17N5. The molecule has 1 N–H and O–H groups in total. The lowest BCUT2D eigenvalue weighted by atomic mass is 10.3. The summed E-state index contributed by atoms with van der Waals surface area (Å²) in [6.07, 6.45) is 1.87. The van der Waals surface area contributed by atoms with Crippen LogP contribution in [0, 0.1) is 13.8 Å². The van der Waals surface area contributed by atoms with Gasteiger partial charge in [0.25, 0.3) is 0 Å². The van der Waals surface area contributed by atoms with Crippen LogP contribution in [0.5, 0.6) is 0 Å². The van der Waals surface area contributed by atoms with E-state index in [2.05, 4.69) is 33.4 Å². The summed E-state index contributed by atoms with van der Waals surface area (Å²) in [6, 6.07) is 4.04. The van der Waals surface area contributed by atoms with E-state index in [1.807, 2.05) is 30.8 Å². The van der Waals surface area contributed by atoms with E-state index in [0.29, 0.717) is 6.54 Å². The Labute approximate surface area is 101 Å². The lowest BCUT2D eigenvalue weighted by Crippen LogP contribution is -2.05. The van der Waals surface area contributed by atoms with Gasteiger partial charge >= 0.3 is 0 Å². The number of nitrogens with one attached hydrogen (secondary N) is 1. The molecule has 5 nitrogen and oxygen atoms in total. The lowest BCUT2D eigenvalue weighted by molar-refractivity contribution is 0.654. The number of pyridine rings is 1. The quantitative estimate of drug-likeness (QED) is 0.871. The minimum absolute atomic E-state index is 0.714. The maximum Gasteiger partial charge on any atom is 0.147 e. The first kappa shape index (κ1) is 11.6. The third kappa shape index (κ3) is 2.81. The molecule has 0 saturated carbocycles. The third-order valence-electron chi connectivity index (χ3n) is 2.48. The molecule has 5 heteroatoms. The predicted octanol–water partition coefficient (Wildman–Crippen LogP) is 1.77. The van der Waals surface area contributed by atoms with Crippen molar-refractivity contribution >= 4 is 5.82 Å². The first-order valence-electron chi connectivity index (χ1n) is 5.76. The van der Waals surface area contributed by atoms with Gasteiger partial charge in [0.2, 0.25) is 0 Å². The highest BCUT2D eigenvalue weighted by Gasteiger charge is 2.03. The van der Waals surface area contributed by atoms with Gasteiger partial charge in [-0.15, -0.1) is 0 Å². The van der Waals surface area contributed by atoms with Crippen molar-refractivity contribution < 1.29 is 0 Å². The monoisotopic (exact) mass is 231 g/mol. The van der Waals surface area contributed by atoms with E-state index in [4.69, 9.17) is 0 Å². The van der Waals surface area contributed by atoms with E-state index in [1.54, 1.807) is 0 Å². The molecule has 2 aromatic heterocycles. The zero-order chi connectivity index (χ0) is 12.3. The molecule has 0 aliphatic heterocycles. The van der Waals surface area contributed by atoms with Gasteiger partial charge < -0.3 is 5.32 Å². The zero-order valence-electron chi connectivity index (χ0n) is 10.4. The molecule has 90 valence electrons. The van der Waals surface area contributed by atoms with Crippen molar-refractivity contribution in [2.45, 2.75) is 27.3 Å². The molecular weight excluding hydrogens is 214 g/mol. The molecule has 0 spiro atoms. The summed E-state index contributed by atoms with van der Waals surface area (Å²) in [4.78, 5) is 8.60. The molecule has 0 radical (unpaired) electrons. The molecule has 0 amide bonds. The van der Waals surface area contributed by atoms with Crippen LogP contribution in [0.3, 0.4) is 0 Å². The van der Waals surface area contributed by atoms with Crippen LogP contribution in [-0.4, -0.2) is 26.3 Å². The zero-order valence-corrected chi connectivity index (χ0v) is 10.4. The van der Waals surface area contributed by atoms with E-state index >= 15 is 0 Å². The first-order chi connectivity index (χ1) is 8.19. The number of rotatable bonds is 4. The van der Waals surface area contributed by atoms with Crippen LogP contribution in [0.2, 0.25) is 0 Å². The van der Waals surface area contributed by atoms with Crippen molar-refractivity contribution in [1.29, 1.82) is 0 Å². The predicted molar refractivity (Wildman–Crippen MR) is 67.0 cm³/mol. The number of aromatic nitrogens is 4. The highest BCUT2D eigenvalue weighted by molar-refractivity contribution is 5.35. The fourth-order valence-electron chi connectivity index (χ4n) is 1.69. The normalized spacial score (nSPS) is 10.5. The van der Waals surface area contributed by atoms with Crippen LogP contribution in [0.25, 0.3) is 0 Å². The van der Waals surface area contributed by atoms with Crippen molar-refractivity contribution in [3.05, 3.63) is 35.5 Å². The van der Waals surface area contributed by atoms with Crippen molar-refractivity contribution in [3.63, 3.8) is 0 Å². The van der Waals surface area contributed by atoms with Crippen molar-refractivity contribution in [2.75, 3.05) is 11.9 Å². The lowest BCUT2D eigenvalue weighted by Gasteiger charge is -2.05. The molecule has 0 aromatic carbocycles. The number of hydrogen-bond donors (Lipinski definition) is 1. The Bertz CT molecular complexity index is 486. The Morgan fingerprint density at radius 3 is 2.65 bits per heavy atom. The fraction of sp³-hybridized carbons (Fsp3) is 0.417. The van der Waals surface area contributed by atoms with Crippen LogP contribution in [0.15, 0.2) is 18.3 Å². The van der Waals surface area contributed by atoms with Crippen molar-refractivity contribution in [1.82, 2.24) is 19.7 Å². The minimum Gasteiger partial charge on any atom is -0.370 e. The number of hydrogen-bond acceptors (Lipinski definition) is 4. The molecule has 2 heterocycles. The summed E-state index contributed by atoms with van der Waals surface area (Å²) >= 11 is 0. The Kier molecular flexibility index (Phi) is 3.37. The Morgan fingerprint density at radius 2 is 2.12 bits per heavy atom. The summed E-state index contributed by atoms with van der Waals surface area (Å²) in [5, 5.41) is 7.49. The van der Waals surface area contributed by atoms with Crippen molar-refractivity contribution in [3.8, 4) is 0 Å². The Balaban J connectivity index is 2.11. The molecule has 0 atom stereocenters. The van der Waals surface area contributed by atoms with Gasteiger partial charge in [0.1, 0.15) is 17.5 Å². The van der Waals surface area contributed by atoms with Gasteiger partial charge in [-0.05, 0) is 32.4 Å². The summed E-state index contributed by atoms with van der Waals surface area (Å²) in [7, 11) is 0. The second kappa shape index (κ2) is 4.95. The molecule has 0 unspecified atom stereocenters. The second-order valence-electron chi connectivity index (χ2n) is 3.95. The van der Waals surface area contributed by atoms with E-state index in [-0.39, 0.29) is 0 Å². The van der Waals surface area contributed by atoms with E-state index in [1.165, 1.54) is 0 Å². The Hall–Kier alpha value is -1.91. The van der Waals surface area contributed by atoms with Crippen molar-refractivity contribution in [2.24, 2.45) is 0 Å². The van der Waals surface area contributed by atoms with Crippen LogP contribution < -0.4 is 5.32 Å². The van der Waals surface area contributed by atoms with Crippen LogP contribution in [0.1, 0.15) is 24.1 Å². The molecule has 17 heavy (non-hydrogen) atoms. The SMILES string of the molecule is CCNc1ccc(Cn2nc(C)nc2C)cn1. The minimum atomic E-state index is 0.714. The number of aryl methyl sites for hydroxylation is 2. The van der Waals surface area contributed by atoms with Gasteiger partial charge in [-0.1, -0.05) is 6.07 Å². The topological polar surface area (TPSA) is 55.6 Å². The molecule has 0 aliphatic rings. The molecule has 0 aliphatic carbocycles. The van der Waals surface area contributed by atoms with Crippen LogP contribution >= 0.6 is 0 Å². The summed E-state index contributed by atoms with van der Waals surface area (Å²) in [6.45, 7) is 7.51. The fourth-order valence-corrected chi connectivity index (χ4v) is 1.69. The summed E-state index contributed by atoms with van der Waals surface area (Å²) < 4.78 is 1.89. The maximum atomic E-state index is 4.33. The summed E-state index contributed by atoms with van der Waals surface area (Å²) in [5.74, 6) is 2.64. The van der Waals surface area contributed by atoms with Crippen LogP contribution in [-0.2, 0) is 6.54 Å². The molecule has 2 rings (SSSR count). The highest BCUT2D eigenvalue weighted by Crippen LogP contribution is 2.07. The average Bonchev–Trinajstić information content (AvgIpc) is 2.61. The van der Waals surface area contributed by atoms with Gasteiger partial charge in [0, 0.05) is 12.7 Å².